The summed E-state index contributed by atoms with van der Waals surface area (Å²) in [7, 11) is 0. The lowest BCUT2D eigenvalue weighted by Crippen LogP contribution is -2.20. The van der Waals surface area contributed by atoms with Gasteiger partial charge in [0.25, 0.3) is 0 Å². The Hall–Kier alpha value is -2.69. The molecule has 0 bridgehead atoms. The predicted molar refractivity (Wildman–Crippen MR) is 83.2 cm³/mol. The molecule has 1 aliphatic rings. The molecule has 5 nitrogen and oxygen atoms in total. The number of hydrogen-bond donors (Lipinski definition) is 3. The van der Waals surface area contributed by atoms with Crippen LogP contribution >= 0.6 is 0 Å². The minimum absolute atomic E-state index is 0.00575. The number of hydrogen-bond acceptors (Lipinski definition) is 5. The van der Waals surface area contributed by atoms with Crippen LogP contribution in [0.1, 0.15) is 11.1 Å². The van der Waals surface area contributed by atoms with Gasteiger partial charge >= 0.3 is 5.97 Å². The molecule has 2 aromatic carbocycles. The zero-order chi connectivity index (χ0) is 16.4. The summed E-state index contributed by atoms with van der Waals surface area (Å²) in [5, 5.41) is 28.7. The van der Waals surface area contributed by atoms with E-state index in [0.717, 1.165) is 5.56 Å². The Balaban J connectivity index is 1.77. The highest BCUT2D eigenvalue weighted by atomic mass is 16.5. The van der Waals surface area contributed by atoms with Crippen molar-refractivity contribution in [2.24, 2.45) is 11.8 Å². The molecule has 23 heavy (non-hydrogen) atoms. The third-order valence-corrected chi connectivity index (χ3v) is 4.14. The highest BCUT2D eigenvalue weighted by molar-refractivity contribution is 5.75. The summed E-state index contributed by atoms with van der Waals surface area (Å²) >= 11 is 0. The zero-order valence-corrected chi connectivity index (χ0v) is 12.5. The van der Waals surface area contributed by atoms with E-state index in [4.69, 9.17) is 4.74 Å². The maximum atomic E-state index is 12.0. The normalized spacial score (nSPS) is 20.4. The lowest BCUT2D eigenvalue weighted by atomic mass is 9.85. The molecule has 2 atom stereocenters. The SMILES string of the molecule is O=C1OCC(Cc2cccc(O)c2)C1Cc1cc(O)cc(O)c1. The van der Waals surface area contributed by atoms with E-state index >= 15 is 0 Å². The minimum Gasteiger partial charge on any atom is -0.508 e. The lowest BCUT2D eigenvalue weighted by Gasteiger charge is -2.16. The van der Waals surface area contributed by atoms with E-state index in [0.29, 0.717) is 25.0 Å². The van der Waals surface area contributed by atoms with Crippen molar-refractivity contribution < 1.29 is 24.9 Å². The molecule has 5 heteroatoms. The fraction of sp³-hybridized carbons (Fsp3) is 0.278. The molecule has 1 saturated heterocycles. The van der Waals surface area contributed by atoms with Crippen LogP contribution in [-0.2, 0) is 22.4 Å². The van der Waals surface area contributed by atoms with Gasteiger partial charge in [-0.2, -0.15) is 0 Å². The van der Waals surface area contributed by atoms with Crippen LogP contribution in [-0.4, -0.2) is 27.9 Å². The number of phenols is 3. The Labute approximate surface area is 133 Å². The molecular formula is C18H18O5. The van der Waals surface area contributed by atoms with Gasteiger partial charge in [-0.15, -0.1) is 0 Å². The first kappa shape index (κ1) is 15.2. The van der Waals surface area contributed by atoms with Gasteiger partial charge in [-0.1, -0.05) is 12.1 Å². The molecule has 0 aliphatic carbocycles. The first-order valence-electron chi connectivity index (χ1n) is 7.48. The van der Waals surface area contributed by atoms with E-state index in [1.165, 1.54) is 18.2 Å². The molecule has 2 unspecified atom stereocenters. The minimum atomic E-state index is -0.335. The van der Waals surface area contributed by atoms with Crippen LogP contribution in [0.5, 0.6) is 17.2 Å². The predicted octanol–water partition coefficient (Wildman–Crippen LogP) is 2.38. The molecule has 120 valence electrons. The number of carbonyl (C=O) groups is 1. The molecule has 2 aromatic rings. The van der Waals surface area contributed by atoms with Crippen LogP contribution in [0.3, 0.4) is 0 Å². The average Bonchev–Trinajstić information content (AvgIpc) is 2.79. The zero-order valence-electron chi connectivity index (χ0n) is 12.5. The molecule has 0 spiro atoms. The second-order valence-electron chi connectivity index (χ2n) is 5.93. The van der Waals surface area contributed by atoms with Crippen LogP contribution in [0.4, 0.5) is 0 Å². The molecule has 0 amide bonds. The van der Waals surface area contributed by atoms with E-state index in [9.17, 15) is 20.1 Å². The molecule has 3 rings (SSSR count). The summed E-state index contributed by atoms with van der Waals surface area (Å²) in [6.07, 6.45) is 1.01. The van der Waals surface area contributed by atoms with Crippen molar-refractivity contribution in [1.29, 1.82) is 0 Å². The van der Waals surface area contributed by atoms with Crippen molar-refractivity contribution in [2.45, 2.75) is 12.8 Å². The molecule has 0 saturated carbocycles. The van der Waals surface area contributed by atoms with E-state index in [2.05, 4.69) is 0 Å². The number of phenolic OH excluding ortho intramolecular Hbond substituents is 3. The molecule has 0 aromatic heterocycles. The molecule has 1 fully saturated rings. The first-order chi connectivity index (χ1) is 11.0. The van der Waals surface area contributed by atoms with Gasteiger partial charge in [0.1, 0.15) is 17.2 Å². The third-order valence-electron chi connectivity index (χ3n) is 4.14. The van der Waals surface area contributed by atoms with Crippen molar-refractivity contribution in [1.82, 2.24) is 0 Å². The van der Waals surface area contributed by atoms with E-state index < -0.39 is 0 Å². The Morgan fingerprint density at radius 2 is 1.61 bits per heavy atom. The number of aromatic hydroxyl groups is 3. The van der Waals surface area contributed by atoms with Crippen LogP contribution in [0.15, 0.2) is 42.5 Å². The summed E-state index contributed by atoms with van der Waals surface area (Å²) in [6.45, 7) is 0.337. The van der Waals surface area contributed by atoms with Gasteiger partial charge in [-0.05, 0) is 48.2 Å². The van der Waals surface area contributed by atoms with Crippen molar-refractivity contribution in [3.05, 3.63) is 53.6 Å². The van der Waals surface area contributed by atoms with Gasteiger partial charge in [-0.25, -0.2) is 0 Å². The monoisotopic (exact) mass is 314 g/mol. The third kappa shape index (κ3) is 3.56. The fourth-order valence-electron chi connectivity index (χ4n) is 3.07. The summed E-state index contributed by atoms with van der Waals surface area (Å²) in [4.78, 5) is 12.0. The van der Waals surface area contributed by atoms with E-state index in [1.807, 2.05) is 6.07 Å². The molecular weight excluding hydrogens is 296 g/mol. The average molecular weight is 314 g/mol. The van der Waals surface area contributed by atoms with Crippen molar-refractivity contribution in [3.63, 3.8) is 0 Å². The number of carbonyl (C=O) groups excluding carboxylic acids is 1. The summed E-state index contributed by atoms with van der Waals surface area (Å²) in [5.74, 6) is -0.473. The van der Waals surface area contributed by atoms with Gasteiger partial charge in [-0.3, -0.25) is 4.79 Å². The van der Waals surface area contributed by atoms with Crippen LogP contribution in [0.2, 0.25) is 0 Å². The Morgan fingerprint density at radius 3 is 2.30 bits per heavy atom. The van der Waals surface area contributed by atoms with Gasteiger partial charge in [0, 0.05) is 12.0 Å². The maximum absolute atomic E-state index is 12.0. The molecule has 3 N–H and O–H groups in total. The number of rotatable bonds is 4. The van der Waals surface area contributed by atoms with Crippen molar-refractivity contribution in [2.75, 3.05) is 6.61 Å². The lowest BCUT2D eigenvalue weighted by molar-refractivity contribution is -0.141. The fourth-order valence-corrected chi connectivity index (χ4v) is 3.07. The van der Waals surface area contributed by atoms with Crippen LogP contribution in [0, 0.1) is 11.8 Å². The van der Waals surface area contributed by atoms with Gasteiger partial charge in [0.15, 0.2) is 0 Å². The van der Waals surface area contributed by atoms with Crippen molar-refractivity contribution in [3.8, 4) is 17.2 Å². The van der Waals surface area contributed by atoms with Gasteiger partial charge in [0.2, 0.25) is 0 Å². The smallest absolute Gasteiger partial charge is 0.309 e. The number of esters is 1. The van der Waals surface area contributed by atoms with Crippen LogP contribution < -0.4 is 0 Å². The highest BCUT2D eigenvalue weighted by Gasteiger charge is 2.36. The molecule has 0 radical (unpaired) electrons. The van der Waals surface area contributed by atoms with Gasteiger partial charge in [0.05, 0.1) is 12.5 Å². The maximum Gasteiger partial charge on any atom is 0.309 e. The Bertz CT molecular complexity index is 705. The summed E-state index contributed by atoms with van der Waals surface area (Å²) < 4.78 is 5.19. The number of ether oxygens (including phenoxy) is 1. The summed E-state index contributed by atoms with van der Waals surface area (Å²) in [6, 6.07) is 11.3. The Kier molecular flexibility index (Phi) is 4.10. The number of cyclic esters (lactones) is 1. The largest absolute Gasteiger partial charge is 0.508 e. The standard InChI is InChI=1S/C18H18O5/c19-14-3-1-2-11(5-14)4-13-10-23-18(22)17(13)8-12-6-15(20)9-16(21)7-12/h1-3,5-7,9,13,17,19-21H,4,8,10H2. The van der Waals surface area contributed by atoms with Crippen LogP contribution in [0.25, 0.3) is 0 Å². The first-order valence-corrected chi connectivity index (χ1v) is 7.48. The topological polar surface area (TPSA) is 87.0 Å². The van der Waals surface area contributed by atoms with Crippen molar-refractivity contribution >= 4 is 5.97 Å². The van der Waals surface area contributed by atoms with E-state index in [1.54, 1.807) is 18.2 Å². The second kappa shape index (κ2) is 6.20. The number of benzene rings is 2. The van der Waals surface area contributed by atoms with E-state index in [-0.39, 0.29) is 35.1 Å². The van der Waals surface area contributed by atoms with Gasteiger partial charge < -0.3 is 20.1 Å². The molecule has 1 heterocycles. The summed E-state index contributed by atoms with van der Waals surface area (Å²) in [5.41, 5.74) is 1.63. The Morgan fingerprint density at radius 1 is 0.913 bits per heavy atom. The molecule has 1 aliphatic heterocycles. The second-order valence-corrected chi connectivity index (χ2v) is 5.93. The quantitative estimate of drug-likeness (QED) is 0.754. The highest BCUT2D eigenvalue weighted by Crippen LogP contribution is 2.31.